The van der Waals surface area contributed by atoms with Crippen LogP contribution in [0.2, 0.25) is 0 Å². The van der Waals surface area contributed by atoms with Gasteiger partial charge in [0.2, 0.25) is 5.92 Å². The maximum Gasteiger partial charge on any atom is 0.249 e. The predicted octanol–water partition coefficient (Wildman–Crippen LogP) is 6.05. The molecule has 2 heteroatoms. The molecule has 0 heterocycles. The fraction of sp³-hybridized carbons (Fsp3) is 1.00. The van der Waals surface area contributed by atoms with Gasteiger partial charge in [0.25, 0.3) is 0 Å². The number of hydrogen-bond donors (Lipinski definition) is 0. The maximum absolute atomic E-state index is 14.1. The van der Waals surface area contributed by atoms with Crippen LogP contribution in [0.15, 0.2) is 0 Å². The third-order valence-corrected chi connectivity index (χ3v) is 8.28. The van der Waals surface area contributed by atoms with Crippen molar-refractivity contribution in [2.45, 2.75) is 84.0 Å². The minimum atomic E-state index is -2.39. The van der Waals surface area contributed by atoms with Gasteiger partial charge in [0.1, 0.15) is 0 Å². The molecule has 4 fully saturated rings. The van der Waals surface area contributed by atoms with Crippen LogP contribution >= 0.6 is 0 Å². The Labute approximate surface area is 128 Å². The summed E-state index contributed by atoms with van der Waals surface area (Å²) < 4.78 is 28.2. The monoisotopic (exact) mass is 296 g/mol. The van der Waals surface area contributed by atoms with E-state index in [0.717, 1.165) is 18.3 Å². The highest BCUT2D eigenvalue weighted by Crippen LogP contribution is 2.68. The smallest absolute Gasteiger partial charge is 0.207 e. The zero-order valence-electron chi connectivity index (χ0n) is 13.6. The molecule has 0 bridgehead atoms. The Bertz CT molecular complexity index is 431. The van der Waals surface area contributed by atoms with E-state index in [4.69, 9.17) is 0 Å². The normalized spacial score (nSPS) is 55.4. The number of rotatable bonds is 0. The standard InChI is InChI=1S/C19H30F2/c1-17-10-8-15-14(16(17)11-19(20,21)12-17)7-6-13-5-3-4-9-18(13,15)2/h13-16H,3-12H2,1-2H3/t13-,14-,15+,16+,17-,18+/m1/s1. The molecule has 0 N–H and O–H groups in total. The van der Waals surface area contributed by atoms with E-state index in [0.29, 0.717) is 17.3 Å². The Morgan fingerprint density at radius 2 is 1.67 bits per heavy atom. The van der Waals surface area contributed by atoms with Crippen LogP contribution in [0.4, 0.5) is 8.78 Å². The minimum absolute atomic E-state index is 0.0669. The lowest BCUT2D eigenvalue weighted by atomic mass is 9.45. The van der Waals surface area contributed by atoms with Crippen molar-refractivity contribution in [1.82, 2.24) is 0 Å². The molecule has 0 aliphatic heterocycles. The Kier molecular flexibility index (Phi) is 3.06. The minimum Gasteiger partial charge on any atom is -0.207 e. The number of hydrogen-bond acceptors (Lipinski definition) is 0. The molecule has 0 nitrogen and oxygen atoms in total. The highest BCUT2D eigenvalue weighted by molar-refractivity contribution is 5.09. The second-order valence-electron chi connectivity index (χ2n) is 9.33. The fourth-order valence-corrected chi connectivity index (χ4v) is 7.29. The summed E-state index contributed by atoms with van der Waals surface area (Å²) in [5.74, 6) is 0.128. The van der Waals surface area contributed by atoms with Gasteiger partial charge in [0.15, 0.2) is 0 Å². The van der Waals surface area contributed by atoms with E-state index in [1.165, 1.54) is 44.9 Å². The molecule has 21 heavy (non-hydrogen) atoms. The molecular formula is C19H30F2. The van der Waals surface area contributed by atoms with E-state index in [1.807, 2.05) is 0 Å². The fourth-order valence-electron chi connectivity index (χ4n) is 7.29. The highest BCUT2D eigenvalue weighted by Gasteiger charge is 2.62. The van der Waals surface area contributed by atoms with Crippen LogP contribution in [0.1, 0.15) is 78.1 Å². The first-order valence-corrected chi connectivity index (χ1v) is 9.22. The Hall–Kier alpha value is -0.140. The van der Waals surface area contributed by atoms with Crippen molar-refractivity contribution in [3.05, 3.63) is 0 Å². The molecule has 4 aliphatic rings. The van der Waals surface area contributed by atoms with Gasteiger partial charge in [-0.25, -0.2) is 8.78 Å². The second kappa shape index (κ2) is 4.45. The molecule has 120 valence electrons. The molecule has 4 rings (SSSR count). The molecular weight excluding hydrogens is 266 g/mol. The van der Waals surface area contributed by atoms with Crippen molar-refractivity contribution in [2.75, 3.05) is 0 Å². The van der Waals surface area contributed by atoms with E-state index < -0.39 is 5.92 Å². The van der Waals surface area contributed by atoms with E-state index in [1.54, 1.807) is 0 Å². The first-order chi connectivity index (χ1) is 9.84. The zero-order valence-corrected chi connectivity index (χ0v) is 13.6. The van der Waals surface area contributed by atoms with Crippen LogP contribution in [0.5, 0.6) is 0 Å². The number of halogens is 2. The van der Waals surface area contributed by atoms with Crippen molar-refractivity contribution in [3.8, 4) is 0 Å². The molecule has 0 amide bonds. The summed E-state index contributed by atoms with van der Waals surface area (Å²) in [5.41, 5.74) is 0.406. The van der Waals surface area contributed by atoms with Gasteiger partial charge in [-0.1, -0.05) is 26.7 Å². The molecule has 0 saturated heterocycles. The van der Waals surface area contributed by atoms with Crippen LogP contribution in [0, 0.1) is 34.5 Å². The van der Waals surface area contributed by atoms with Gasteiger partial charge in [-0.05, 0) is 73.0 Å². The predicted molar refractivity (Wildman–Crippen MR) is 81.3 cm³/mol. The Morgan fingerprint density at radius 1 is 0.857 bits per heavy atom. The number of fused-ring (bicyclic) bond motifs is 5. The topological polar surface area (TPSA) is 0 Å². The summed E-state index contributed by atoms with van der Waals surface area (Å²) in [6.07, 6.45) is 10.7. The van der Waals surface area contributed by atoms with E-state index in [9.17, 15) is 8.78 Å². The summed E-state index contributed by atoms with van der Waals surface area (Å²) in [6, 6.07) is 0. The van der Waals surface area contributed by atoms with Crippen LogP contribution in [0.3, 0.4) is 0 Å². The van der Waals surface area contributed by atoms with Gasteiger partial charge in [0.05, 0.1) is 0 Å². The van der Waals surface area contributed by atoms with Crippen molar-refractivity contribution >= 4 is 0 Å². The van der Waals surface area contributed by atoms with E-state index in [2.05, 4.69) is 13.8 Å². The summed E-state index contributed by atoms with van der Waals surface area (Å²) in [4.78, 5) is 0. The third-order valence-electron chi connectivity index (χ3n) is 8.28. The summed E-state index contributed by atoms with van der Waals surface area (Å²) in [7, 11) is 0. The molecule has 0 spiro atoms. The molecule has 4 saturated carbocycles. The van der Waals surface area contributed by atoms with Crippen LogP contribution in [0.25, 0.3) is 0 Å². The zero-order chi connectivity index (χ0) is 14.9. The van der Waals surface area contributed by atoms with Gasteiger partial charge in [0, 0.05) is 12.8 Å². The van der Waals surface area contributed by atoms with Crippen molar-refractivity contribution < 1.29 is 8.78 Å². The molecule has 0 aromatic rings. The molecule has 0 radical (unpaired) electrons. The lowest BCUT2D eigenvalue weighted by molar-refractivity contribution is -0.103. The SMILES string of the molecule is C[C@]12CC[C@H]3[C@@H](CC[C@H]4CCCC[C@@]43C)[C@@H]1CC(F)(F)C2. The highest BCUT2D eigenvalue weighted by atomic mass is 19.3. The summed E-state index contributed by atoms with van der Waals surface area (Å²) in [5, 5.41) is 0. The average Bonchev–Trinajstić information content (AvgIpc) is 2.66. The lowest BCUT2D eigenvalue weighted by Crippen LogP contribution is -2.51. The van der Waals surface area contributed by atoms with Gasteiger partial charge in [-0.15, -0.1) is 0 Å². The van der Waals surface area contributed by atoms with Gasteiger partial charge >= 0.3 is 0 Å². The second-order valence-corrected chi connectivity index (χ2v) is 9.33. The molecule has 0 aromatic heterocycles. The first kappa shape index (κ1) is 14.5. The van der Waals surface area contributed by atoms with Crippen LogP contribution in [-0.4, -0.2) is 5.92 Å². The van der Waals surface area contributed by atoms with E-state index >= 15 is 0 Å². The van der Waals surface area contributed by atoms with Crippen LogP contribution in [-0.2, 0) is 0 Å². The van der Waals surface area contributed by atoms with Gasteiger partial charge in [-0.2, -0.15) is 0 Å². The average molecular weight is 296 g/mol. The quantitative estimate of drug-likeness (QED) is 0.510. The first-order valence-electron chi connectivity index (χ1n) is 9.22. The maximum atomic E-state index is 14.1. The largest absolute Gasteiger partial charge is 0.249 e. The number of alkyl halides is 2. The summed E-state index contributed by atoms with van der Waals surface area (Å²) >= 11 is 0. The molecule has 0 unspecified atom stereocenters. The van der Waals surface area contributed by atoms with E-state index in [-0.39, 0.29) is 18.3 Å². The molecule has 0 aromatic carbocycles. The van der Waals surface area contributed by atoms with Gasteiger partial charge in [-0.3, -0.25) is 0 Å². The van der Waals surface area contributed by atoms with Gasteiger partial charge < -0.3 is 0 Å². The Balaban J connectivity index is 1.65. The van der Waals surface area contributed by atoms with Crippen LogP contribution < -0.4 is 0 Å². The molecule has 4 aliphatic carbocycles. The van der Waals surface area contributed by atoms with Crippen molar-refractivity contribution in [1.29, 1.82) is 0 Å². The summed E-state index contributed by atoms with van der Waals surface area (Å²) in [6.45, 7) is 4.69. The van der Waals surface area contributed by atoms with Crippen molar-refractivity contribution in [2.24, 2.45) is 34.5 Å². The lowest BCUT2D eigenvalue weighted by Gasteiger charge is -2.59. The third kappa shape index (κ3) is 2.03. The van der Waals surface area contributed by atoms with Crippen molar-refractivity contribution in [3.63, 3.8) is 0 Å². The molecule has 6 atom stereocenters. The Morgan fingerprint density at radius 3 is 2.48 bits per heavy atom.